The summed E-state index contributed by atoms with van der Waals surface area (Å²) in [7, 11) is 0. The minimum absolute atomic E-state index is 0.0350. The van der Waals surface area contributed by atoms with Gasteiger partial charge >= 0.3 is 6.18 Å². The van der Waals surface area contributed by atoms with E-state index in [4.69, 9.17) is 0 Å². The standard InChI is InChI=1S/C22H31F3N6/c1-16-15-31(19-8-5-6-9-26-19)13-12-30(16)11-7-10-27-20-28-17(21(2,3)4)14-18(29-20)22(23,24)25/h5-6,8-9,14,16H,7,10-13,15H2,1-4H3,(H,27,28,29). The number of alkyl halides is 3. The molecule has 1 aliphatic rings. The van der Waals surface area contributed by atoms with Crippen molar-refractivity contribution >= 4 is 11.8 Å². The monoisotopic (exact) mass is 436 g/mol. The zero-order chi connectivity index (χ0) is 22.6. The second kappa shape index (κ2) is 9.38. The average Bonchev–Trinajstić information content (AvgIpc) is 2.71. The summed E-state index contributed by atoms with van der Waals surface area (Å²) >= 11 is 0. The van der Waals surface area contributed by atoms with E-state index in [1.54, 1.807) is 6.20 Å². The first-order chi connectivity index (χ1) is 14.5. The minimum atomic E-state index is -4.50. The largest absolute Gasteiger partial charge is 0.433 e. The van der Waals surface area contributed by atoms with E-state index in [1.807, 2.05) is 39.0 Å². The molecule has 1 N–H and O–H groups in total. The topological polar surface area (TPSA) is 57.2 Å². The summed E-state index contributed by atoms with van der Waals surface area (Å²) in [6, 6.07) is 7.33. The van der Waals surface area contributed by atoms with Crippen molar-refractivity contribution in [1.82, 2.24) is 19.9 Å². The van der Waals surface area contributed by atoms with Gasteiger partial charge in [0.05, 0.1) is 5.69 Å². The fourth-order valence-electron chi connectivity index (χ4n) is 3.61. The van der Waals surface area contributed by atoms with Crippen LogP contribution in [0.5, 0.6) is 0 Å². The van der Waals surface area contributed by atoms with Gasteiger partial charge in [0.1, 0.15) is 11.5 Å². The van der Waals surface area contributed by atoms with Crippen molar-refractivity contribution in [2.24, 2.45) is 0 Å². The molecule has 0 spiro atoms. The Bertz CT molecular complexity index is 818. The molecule has 1 atom stereocenters. The first-order valence-electron chi connectivity index (χ1n) is 10.6. The molecule has 3 heterocycles. The van der Waals surface area contributed by atoms with Gasteiger partial charge in [0.25, 0.3) is 0 Å². The second-order valence-corrected chi connectivity index (χ2v) is 9.01. The Kier molecular flexibility index (Phi) is 7.03. The number of aromatic nitrogens is 3. The van der Waals surface area contributed by atoms with E-state index in [2.05, 4.69) is 37.0 Å². The van der Waals surface area contributed by atoms with Crippen molar-refractivity contribution in [2.45, 2.75) is 51.7 Å². The van der Waals surface area contributed by atoms with E-state index >= 15 is 0 Å². The summed E-state index contributed by atoms with van der Waals surface area (Å²) in [5.41, 5.74) is -1.03. The van der Waals surface area contributed by atoms with Gasteiger partial charge in [0, 0.05) is 50.4 Å². The van der Waals surface area contributed by atoms with Gasteiger partial charge in [-0.2, -0.15) is 13.2 Å². The smallest absolute Gasteiger partial charge is 0.354 e. The molecule has 6 nitrogen and oxygen atoms in total. The van der Waals surface area contributed by atoms with Gasteiger partial charge in [0.2, 0.25) is 5.95 Å². The van der Waals surface area contributed by atoms with Crippen molar-refractivity contribution in [1.29, 1.82) is 0 Å². The molecule has 3 rings (SSSR count). The number of nitrogens with one attached hydrogen (secondary N) is 1. The molecule has 0 aromatic carbocycles. The Morgan fingerprint density at radius 2 is 1.84 bits per heavy atom. The third-order valence-electron chi connectivity index (χ3n) is 5.43. The fraction of sp³-hybridized carbons (Fsp3) is 0.591. The highest BCUT2D eigenvalue weighted by atomic mass is 19.4. The lowest BCUT2D eigenvalue weighted by atomic mass is 9.91. The molecule has 0 bridgehead atoms. The normalized spacial score (nSPS) is 18.3. The Labute approximate surface area is 181 Å². The number of hydrogen-bond donors (Lipinski definition) is 1. The molecular weight excluding hydrogens is 405 g/mol. The number of hydrogen-bond acceptors (Lipinski definition) is 6. The minimum Gasteiger partial charge on any atom is -0.354 e. The molecule has 2 aromatic rings. The van der Waals surface area contributed by atoms with Crippen molar-refractivity contribution < 1.29 is 13.2 Å². The Balaban J connectivity index is 1.53. The quantitative estimate of drug-likeness (QED) is 0.685. The van der Waals surface area contributed by atoms with Gasteiger partial charge in [-0.25, -0.2) is 15.0 Å². The van der Waals surface area contributed by atoms with Crippen LogP contribution in [0.3, 0.4) is 0 Å². The maximum Gasteiger partial charge on any atom is 0.433 e. The lowest BCUT2D eigenvalue weighted by Gasteiger charge is -2.40. The molecule has 1 saturated heterocycles. The lowest BCUT2D eigenvalue weighted by Crippen LogP contribution is -2.52. The summed E-state index contributed by atoms with van der Waals surface area (Å²) in [5.74, 6) is 1.03. The van der Waals surface area contributed by atoms with Crippen LogP contribution in [0.1, 0.15) is 45.5 Å². The second-order valence-electron chi connectivity index (χ2n) is 9.01. The first kappa shape index (κ1) is 23.2. The molecular formula is C22H31F3N6. The fourth-order valence-corrected chi connectivity index (χ4v) is 3.61. The third-order valence-corrected chi connectivity index (χ3v) is 5.43. The summed E-state index contributed by atoms with van der Waals surface area (Å²) in [6.07, 6.45) is -1.90. The first-order valence-corrected chi connectivity index (χ1v) is 10.6. The average molecular weight is 437 g/mol. The van der Waals surface area contributed by atoms with Crippen LogP contribution in [0.4, 0.5) is 24.9 Å². The number of piperazine rings is 1. The Morgan fingerprint density at radius 1 is 1.10 bits per heavy atom. The van der Waals surface area contributed by atoms with Gasteiger partial charge in [-0.05, 0) is 31.5 Å². The zero-order valence-corrected chi connectivity index (χ0v) is 18.6. The third kappa shape index (κ3) is 6.29. The van der Waals surface area contributed by atoms with E-state index in [9.17, 15) is 13.2 Å². The highest BCUT2D eigenvalue weighted by Crippen LogP contribution is 2.31. The van der Waals surface area contributed by atoms with Gasteiger partial charge in [-0.1, -0.05) is 26.8 Å². The molecule has 31 heavy (non-hydrogen) atoms. The molecule has 0 radical (unpaired) electrons. The van der Waals surface area contributed by atoms with E-state index in [1.165, 1.54) is 0 Å². The van der Waals surface area contributed by atoms with E-state index in [0.717, 1.165) is 44.5 Å². The molecule has 0 aliphatic carbocycles. The Morgan fingerprint density at radius 3 is 2.45 bits per heavy atom. The van der Waals surface area contributed by atoms with Crippen LogP contribution in [-0.4, -0.2) is 58.6 Å². The van der Waals surface area contributed by atoms with Crippen LogP contribution in [-0.2, 0) is 11.6 Å². The van der Waals surface area contributed by atoms with Gasteiger partial charge in [-0.3, -0.25) is 4.90 Å². The molecule has 1 aliphatic heterocycles. The molecule has 0 amide bonds. The molecule has 170 valence electrons. The maximum atomic E-state index is 13.2. The predicted octanol–water partition coefficient (Wildman–Crippen LogP) is 4.20. The van der Waals surface area contributed by atoms with Crippen LogP contribution in [0.15, 0.2) is 30.5 Å². The number of anilines is 2. The van der Waals surface area contributed by atoms with Crippen molar-refractivity contribution in [3.63, 3.8) is 0 Å². The number of rotatable bonds is 6. The highest BCUT2D eigenvalue weighted by molar-refractivity contribution is 5.38. The van der Waals surface area contributed by atoms with Crippen LogP contribution >= 0.6 is 0 Å². The van der Waals surface area contributed by atoms with E-state index in [0.29, 0.717) is 18.3 Å². The van der Waals surface area contributed by atoms with Crippen LogP contribution in [0.2, 0.25) is 0 Å². The van der Waals surface area contributed by atoms with E-state index < -0.39 is 17.3 Å². The molecule has 1 fully saturated rings. The highest BCUT2D eigenvalue weighted by Gasteiger charge is 2.35. The van der Waals surface area contributed by atoms with Crippen LogP contribution in [0, 0.1) is 0 Å². The summed E-state index contributed by atoms with van der Waals surface area (Å²) in [4.78, 5) is 17.1. The molecule has 1 unspecified atom stereocenters. The number of nitrogens with zero attached hydrogens (tertiary/aromatic N) is 5. The maximum absolute atomic E-state index is 13.2. The van der Waals surface area contributed by atoms with Crippen molar-refractivity contribution in [3.8, 4) is 0 Å². The van der Waals surface area contributed by atoms with Gasteiger partial charge in [0.15, 0.2) is 0 Å². The molecule has 0 saturated carbocycles. The van der Waals surface area contributed by atoms with Gasteiger partial charge < -0.3 is 10.2 Å². The lowest BCUT2D eigenvalue weighted by molar-refractivity contribution is -0.141. The molecule has 2 aromatic heterocycles. The van der Waals surface area contributed by atoms with Crippen LogP contribution in [0.25, 0.3) is 0 Å². The van der Waals surface area contributed by atoms with Crippen molar-refractivity contribution in [2.75, 3.05) is 42.9 Å². The zero-order valence-electron chi connectivity index (χ0n) is 18.6. The summed E-state index contributed by atoms with van der Waals surface area (Å²) in [5, 5.41) is 2.99. The predicted molar refractivity (Wildman–Crippen MR) is 116 cm³/mol. The SMILES string of the molecule is CC1CN(c2ccccn2)CCN1CCCNc1nc(C(C)(C)C)cc(C(F)(F)F)n1. The summed E-state index contributed by atoms with van der Waals surface area (Å²) in [6.45, 7) is 11.8. The van der Waals surface area contributed by atoms with Crippen molar-refractivity contribution in [3.05, 3.63) is 41.9 Å². The number of halogens is 3. The summed E-state index contributed by atoms with van der Waals surface area (Å²) < 4.78 is 39.7. The molecule has 9 heteroatoms. The Hall–Kier alpha value is -2.42. The van der Waals surface area contributed by atoms with E-state index in [-0.39, 0.29) is 5.95 Å². The van der Waals surface area contributed by atoms with Crippen LogP contribution < -0.4 is 10.2 Å². The number of pyridine rings is 1. The van der Waals surface area contributed by atoms with Gasteiger partial charge in [-0.15, -0.1) is 0 Å².